The lowest BCUT2D eigenvalue weighted by atomic mass is 10.0. The fraction of sp³-hybridized carbons (Fsp3) is 0.128. The summed E-state index contributed by atoms with van der Waals surface area (Å²) < 4.78 is 64.0. The summed E-state index contributed by atoms with van der Waals surface area (Å²) in [4.78, 5) is 62.0. The number of hydrogen-bond donors (Lipinski definition) is 4. The molecule has 2 atom stereocenters. The molecule has 14 nitrogen and oxygen atoms in total. The summed E-state index contributed by atoms with van der Waals surface area (Å²) in [6.45, 7) is 0.216. The van der Waals surface area contributed by atoms with E-state index < -0.39 is 41.4 Å². The second kappa shape index (κ2) is 22.6. The van der Waals surface area contributed by atoms with Crippen LogP contribution in [0.5, 0.6) is 0 Å². The van der Waals surface area contributed by atoms with Crippen LogP contribution in [0.4, 0.5) is 38.5 Å². The number of carbonyl (C=O) groups is 4. The second-order valence-electron chi connectivity index (χ2n) is 14.3. The standard InChI is InChI=1S/C22H17F2N3O3S.C15H12F2N2OS.C10H9N3O2/c23-17-8-7-13(10-18(17)24)26-21(28)16-6-3-5-15-19(12-31-20(15)16)27-22(29)30-11-14-4-1-2-9-25-14;16-11-5-4-8(6-12(11)17)19-15(20)10-3-1-2-9-13(18)7-21-14(9)10;14-10(13-6-5-11-8-13)15-7-9-3-1-2-4-12-9/h1-10,19H,11-12H2,(H,26,28)(H,27,29);1-6,13H,7,18H2,(H,19,20);1-6,8H,7H2. The number of pyridine rings is 2. The fourth-order valence-electron chi connectivity index (χ4n) is 6.41. The van der Waals surface area contributed by atoms with E-state index in [0.717, 1.165) is 50.9 Å². The molecule has 0 radical (unpaired) electrons. The number of ether oxygens (including phenoxy) is 2. The molecule has 9 rings (SSSR count). The van der Waals surface area contributed by atoms with E-state index >= 15 is 0 Å². The molecule has 0 fully saturated rings. The van der Waals surface area contributed by atoms with Gasteiger partial charge in [-0.3, -0.25) is 19.6 Å². The summed E-state index contributed by atoms with van der Waals surface area (Å²) in [7, 11) is 0. The molecule has 3 amide bonds. The number of rotatable bonds is 9. The third-order valence-electron chi connectivity index (χ3n) is 9.67. The molecular formula is C47H38F4N8O6S2. The topological polar surface area (TPSA) is 192 Å². The minimum atomic E-state index is -1.04. The number of imidazole rings is 1. The van der Waals surface area contributed by atoms with Crippen molar-refractivity contribution in [1.29, 1.82) is 0 Å². The monoisotopic (exact) mass is 950 g/mol. The van der Waals surface area contributed by atoms with Crippen molar-refractivity contribution in [3.05, 3.63) is 197 Å². The molecule has 20 heteroatoms. The van der Waals surface area contributed by atoms with Gasteiger partial charge in [0.1, 0.15) is 19.5 Å². The van der Waals surface area contributed by atoms with Crippen molar-refractivity contribution in [2.45, 2.75) is 35.1 Å². The summed E-state index contributed by atoms with van der Waals surface area (Å²) in [5.74, 6) is -3.53. The van der Waals surface area contributed by atoms with E-state index in [0.29, 0.717) is 28.3 Å². The molecule has 0 saturated carbocycles. The molecule has 67 heavy (non-hydrogen) atoms. The Morgan fingerprint density at radius 3 is 1.73 bits per heavy atom. The second-order valence-corrected chi connectivity index (χ2v) is 16.3. The molecule has 0 aliphatic carbocycles. The maximum atomic E-state index is 13.4. The van der Waals surface area contributed by atoms with Crippen LogP contribution < -0.4 is 21.7 Å². The van der Waals surface area contributed by atoms with Crippen molar-refractivity contribution in [3.8, 4) is 0 Å². The van der Waals surface area contributed by atoms with E-state index in [4.69, 9.17) is 15.2 Å². The Balaban J connectivity index is 0.000000160. The first-order valence-corrected chi connectivity index (χ1v) is 22.1. The van der Waals surface area contributed by atoms with Gasteiger partial charge >= 0.3 is 12.2 Å². The highest BCUT2D eigenvalue weighted by atomic mass is 32.2. The summed E-state index contributed by atoms with van der Waals surface area (Å²) in [5, 5.41) is 7.95. The zero-order valence-electron chi connectivity index (χ0n) is 34.9. The Bertz CT molecular complexity index is 2870. The quantitative estimate of drug-likeness (QED) is 0.100. The number of halogens is 4. The van der Waals surface area contributed by atoms with Crippen molar-refractivity contribution < 1.29 is 46.2 Å². The van der Waals surface area contributed by atoms with Gasteiger partial charge in [0.15, 0.2) is 23.3 Å². The van der Waals surface area contributed by atoms with Gasteiger partial charge in [-0.05, 0) is 71.8 Å². The van der Waals surface area contributed by atoms with Crippen LogP contribution in [0.2, 0.25) is 0 Å². The number of nitrogens with zero attached hydrogens (tertiary/aromatic N) is 4. The number of carbonyl (C=O) groups excluding carboxylic acids is 4. The molecule has 4 aromatic carbocycles. The molecule has 5 N–H and O–H groups in total. The number of alkyl carbamates (subject to hydrolysis) is 1. The van der Waals surface area contributed by atoms with E-state index in [9.17, 15) is 36.7 Å². The number of benzene rings is 4. The number of amides is 3. The van der Waals surface area contributed by atoms with Crippen LogP contribution in [-0.4, -0.2) is 55.0 Å². The molecule has 2 unspecified atom stereocenters. The number of nitrogens with two attached hydrogens (primary N) is 1. The van der Waals surface area contributed by atoms with Gasteiger partial charge in [-0.2, -0.15) is 0 Å². The highest BCUT2D eigenvalue weighted by Gasteiger charge is 2.29. The van der Waals surface area contributed by atoms with Gasteiger partial charge in [0.05, 0.1) is 28.6 Å². The SMILES string of the molecule is NC1CSc2c(C(=O)Nc3ccc(F)c(F)c3)cccc21.O=C(NC1CSc2c(C(=O)Nc3ccc(F)c(F)c3)cccc21)OCc1ccccn1.O=C(OCc1ccccn1)n1ccnc1. The molecule has 3 aromatic heterocycles. The van der Waals surface area contributed by atoms with Gasteiger partial charge in [0.2, 0.25) is 0 Å². The van der Waals surface area contributed by atoms with E-state index in [2.05, 4.69) is 30.9 Å². The average molecular weight is 951 g/mol. The number of fused-ring (bicyclic) bond motifs is 2. The molecule has 0 bridgehead atoms. The summed E-state index contributed by atoms with van der Waals surface area (Å²) in [6.07, 6.45) is 6.66. The molecule has 2 aliphatic heterocycles. The summed E-state index contributed by atoms with van der Waals surface area (Å²) >= 11 is 2.95. The molecule has 2 aliphatic rings. The first-order chi connectivity index (χ1) is 32.4. The first-order valence-electron chi connectivity index (χ1n) is 20.1. The minimum Gasteiger partial charge on any atom is -0.443 e. The highest BCUT2D eigenvalue weighted by Crippen LogP contribution is 2.41. The highest BCUT2D eigenvalue weighted by molar-refractivity contribution is 8.00. The third kappa shape index (κ3) is 12.6. The average Bonchev–Trinajstić information content (AvgIpc) is 4.12. The number of hydrogen-bond acceptors (Lipinski definition) is 12. The Labute approximate surface area is 388 Å². The largest absolute Gasteiger partial charge is 0.443 e. The fourth-order valence-corrected chi connectivity index (χ4v) is 8.92. The van der Waals surface area contributed by atoms with Crippen molar-refractivity contribution in [2.75, 3.05) is 22.1 Å². The van der Waals surface area contributed by atoms with Gasteiger partial charge in [0, 0.05) is 75.6 Å². The normalized spacial score (nSPS) is 14.2. The Morgan fingerprint density at radius 2 is 1.19 bits per heavy atom. The number of thioether (sulfide) groups is 2. The maximum Gasteiger partial charge on any atom is 0.419 e. The van der Waals surface area contributed by atoms with Gasteiger partial charge in [-0.1, -0.05) is 36.4 Å². The summed E-state index contributed by atoms with van der Waals surface area (Å²) in [6, 6.07) is 27.3. The van der Waals surface area contributed by atoms with Crippen molar-refractivity contribution >= 4 is 58.9 Å². The number of nitrogens with one attached hydrogen (secondary N) is 3. The van der Waals surface area contributed by atoms with E-state index in [-0.39, 0.29) is 42.6 Å². The molecule has 7 aromatic rings. The minimum absolute atomic E-state index is 0.0517. The zero-order chi connectivity index (χ0) is 47.3. The van der Waals surface area contributed by atoms with Crippen LogP contribution in [0, 0.1) is 23.3 Å². The van der Waals surface area contributed by atoms with Crippen molar-refractivity contribution in [3.63, 3.8) is 0 Å². The lowest BCUT2D eigenvalue weighted by Gasteiger charge is -2.14. The molecule has 5 heterocycles. The van der Waals surface area contributed by atoms with Crippen LogP contribution in [0.1, 0.15) is 55.3 Å². The van der Waals surface area contributed by atoms with Crippen molar-refractivity contribution in [2.24, 2.45) is 5.73 Å². The molecule has 342 valence electrons. The lowest BCUT2D eigenvalue weighted by molar-refractivity contribution is 0.101. The maximum absolute atomic E-state index is 13.4. The molecular weight excluding hydrogens is 913 g/mol. The predicted molar refractivity (Wildman–Crippen MR) is 242 cm³/mol. The van der Waals surface area contributed by atoms with E-state index in [1.165, 1.54) is 58.9 Å². The van der Waals surface area contributed by atoms with Gasteiger partial charge in [-0.25, -0.2) is 36.7 Å². The van der Waals surface area contributed by atoms with Gasteiger partial charge in [-0.15, -0.1) is 23.5 Å². The Kier molecular flexibility index (Phi) is 16.0. The van der Waals surface area contributed by atoms with Crippen LogP contribution in [0.15, 0.2) is 150 Å². The molecule has 0 saturated heterocycles. The predicted octanol–water partition coefficient (Wildman–Crippen LogP) is 9.47. The first kappa shape index (κ1) is 47.4. The van der Waals surface area contributed by atoms with Crippen LogP contribution in [0.3, 0.4) is 0 Å². The third-order valence-corrected chi connectivity index (χ3v) is 12.2. The smallest absolute Gasteiger partial charge is 0.419 e. The van der Waals surface area contributed by atoms with Crippen LogP contribution >= 0.6 is 23.5 Å². The summed E-state index contributed by atoms with van der Waals surface area (Å²) in [5.41, 5.74) is 10.3. The Morgan fingerprint density at radius 1 is 0.642 bits per heavy atom. The Hall–Kier alpha value is -7.55. The molecule has 0 spiro atoms. The van der Waals surface area contributed by atoms with E-state index in [1.54, 1.807) is 67.0 Å². The van der Waals surface area contributed by atoms with Crippen LogP contribution in [0.25, 0.3) is 0 Å². The van der Waals surface area contributed by atoms with E-state index in [1.807, 2.05) is 18.2 Å². The van der Waals surface area contributed by atoms with Gasteiger partial charge in [0.25, 0.3) is 11.8 Å². The zero-order valence-corrected chi connectivity index (χ0v) is 36.5. The lowest BCUT2D eigenvalue weighted by Crippen LogP contribution is -2.29. The van der Waals surface area contributed by atoms with Crippen molar-refractivity contribution in [1.82, 2.24) is 24.8 Å². The van der Waals surface area contributed by atoms with Crippen LogP contribution in [-0.2, 0) is 22.7 Å². The number of anilines is 2. The van der Waals surface area contributed by atoms with Gasteiger partial charge < -0.3 is 31.2 Å². The number of aromatic nitrogens is 4.